The third kappa shape index (κ3) is 1.94. The highest BCUT2D eigenvalue weighted by atomic mass is 19.1. The molecule has 0 aliphatic carbocycles. The number of benzene rings is 1. The molecule has 0 aliphatic rings. The first kappa shape index (κ1) is 11.1. The average molecular weight is 231 g/mol. The van der Waals surface area contributed by atoms with Crippen LogP contribution in [0.2, 0.25) is 0 Å². The second kappa shape index (κ2) is 4.21. The molecule has 0 saturated heterocycles. The molecule has 1 amide bonds. The van der Waals surface area contributed by atoms with Crippen molar-refractivity contribution in [2.75, 3.05) is 0 Å². The van der Waals surface area contributed by atoms with Crippen LogP contribution in [0.3, 0.4) is 0 Å². The smallest absolute Gasteiger partial charge is 0.250 e. The fraction of sp³-hybridized carbons (Fsp3) is 0. The molecule has 1 aromatic heterocycles. The summed E-state index contributed by atoms with van der Waals surface area (Å²) in [5, 5.41) is 0.392. The number of fused-ring (bicyclic) bond motifs is 1. The number of primary amides is 1. The van der Waals surface area contributed by atoms with E-state index in [9.17, 15) is 14.0 Å². The maximum absolute atomic E-state index is 13.3. The standard InChI is InChI=1S/C12H8FN2O2/c13-8-4-7(2-1-3-16)11-9(5-8)10(6-15-11)12(14)17/h1-2,4-6,15H,(H2,14,17)/b2-1+. The number of H-pyrrole nitrogens is 1. The van der Waals surface area contributed by atoms with Crippen LogP contribution in [0.25, 0.3) is 17.0 Å². The van der Waals surface area contributed by atoms with Gasteiger partial charge in [-0.25, -0.2) is 4.39 Å². The van der Waals surface area contributed by atoms with Gasteiger partial charge >= 0.3 is 0 Å². The average Bonchev–Trinajstić information content (AvgIpc) is 2.69. The third-order valence-corrected chi connectivity index (χ3v) is 2.38. The summed E-state index contributed by atoms with van der Waals surface area (Å²) < 4.78 is 13.3. The van der Waals surface area contributed by atoms with E-state index in [1.807, 2.05) is 0 Å². The van der Waals surface area contributed by atoms with Crippen molar-refractivity contribution in [3.63, 3.8) is 0 Å². The summed E-state index contributed by atoms with van der Waals surface area (Å²) in [5.74, 6) is -1.15. The van der Waals surface area contributed by atoms with Crippen LogP contribution in [0.5, 0.6) is 0 Å². The Kier molecular flexibility index (Phi) is 2.74. The fourth-order valence-corrected chi connectivity index (χ4v) is 1.68. The predicted molar refractivity (Wildman–Crippen MR) is 61.5 cm³/mol. The molecule has 0 aliphatic heterocycles. The maximum Gasteiger partial charge on any atom is 0.250 e. The van der Waals surface area contributed by atoms with Crippen LogP contribution in [-0.2, 0) is 4.79 Å². The quantitative estimate of drug-likeness (QED) is 0.786. The molecule has 4 nitrogen and oxygen atoms in total. The minimum atomic E-state index is -0.640. The molecule has 0 saturated carbocycles. The van der Waals surface area contributed by atoms with Crippen molar-refractivity contribution in [1.82, 2.24) is 4.98 Å². The number of allylic oxidation sites excluding steroid dienone is 1. The van der Waals surface area contributed by atoms with Gasteiger partial charge in [-0.3, -0.25) is 9.59 Å². The second-order valence-electron chi connectivity index (χ2n) is 3.44. The van der Waals surface area contributed by atoms with Gasteiger partial charge in [0.05, 0.1) is 11.1 Å². The van der Waals surface area contributed by atoms with Gasteiger partial charge in [0, 0.05) is 17.1 Å². The minimum absolute atomic E-state index is 0.212. The van der Waals surface area contributed by atoms with Crippen LogP contribution >= 0.6 is 0 Å². The summed E-state index contributed by atoms with van der Waals surface area (Å²) in [5.41, 5.74) is 6.38. The number of hydrogen-bond donors (Lipinski definition) is 2. The molecular formula is C12H8FN2O2. The first-order chi connectivity index (χ1) is 8.13. The number of aromatic nitrogens is 1. The van der Waals surface area contributed by atoms with Crippen molar-refractivity contribution < 1.29 is 14.0 Å². The van der Waals surface area contributed by atoms with Crippen LogP contribution in [0.1, 0.15) is 15.9 Å². The zero-order valence-corrected chi connectivity index (χ0v) is 8.66. The van der Waals surface area contributed by atoms with Crippen molar-refractivity contribution in [3.8, 4) is 0 Å². The first-order valence-corrected chi connectivity index (χ1v) is 4.78. The SMILES string of the molecule is NC(=O)c1c[nH]c2c(/C=C/[C]=O)cc(F)cc12. The molecule has 0 fully saturated rings. The summed E-state index contributed by atoms with van der Waals surface area (Å²) in [6.45, 7) is 0. The lowest BCUT2D eigenvalue weighted by atomic mass is 10.1. The lowest BCUT2D eigenvalue weighted by molar-refractivity contribution is 0.100. The Morgan fingerprint density at radius 2 is 2.24 bits per heavy atom. The Hall–Kier alpha value is -2.43. The van der Waals surface area contributed by atoms with Gasteiger partial charge in [-0.1, -0.05) is 0 Å². The summed E-state index contributed by atoms with van der Waals surface area (Å²) in [4.78, 5) is 24.1. The second-order valence-corrected chi connectivity index (χ2v) is 3.44. The zero-order valence-electron chi connectivity index (χ0n) is 8.66. The summed E-state index contributed by atoms with van der Waals surface area (Å²) in [6.07, 6.45) is 5.51. The molecule has 0 bridgehead atoms. The van der Waals surface area contributed by atoms with E-state index in [0.29, 0.717) is 16.5 Å². The molecule has 1 radical (unpaired) electrons. The van der Waals surface area contributed by atoms with Gasteiger partial charge in [-0.2, -0.15) is 0 Å². The lowest BCUT2D eigenvalue weighted by Crippen LogP contribution is -2.09. The summed E-state index contributed by atoms with van der Waals surface area (Å²) in [6, 6.07) is 2.46. The minimum Gasteiger partial charge on any atom is -0.366 e. The van der Waals surface area contributed by atoms with E-state index in [1.165, 1.54) is 24.4 Å². The molecule has 2 rings (SSSR count). The van der Waals surface area contributed by atoms with Crippen LogP contribution in [0.15, 0.2) is 24.4 Å². The number of rotatable bonds is 3. The molecular weight excluding hydrogens is 223 g/mol. The summed E-state index contributed by atoms with van der Waals surface area (Å²) in [7, 11) is 0. The van der Waals surface area contributed by atoms with Gasteiger partial charge < -0.3 is 10.7 Å². The Bertz CT molecular complexity index is 629. The predicted octanol–water partition coefficient (Wildman–Crippen LogP) is 1.53. The molecule has 0 spiro atoms. The van der Waals surface area contributed by atoms with E-state index in [2.05, 4.69) is 4.98 Å². The Balaban J connectivity index is 2.73. The molecule has 1 aromatic carbocycles. The molecule has 1 heterocycles. The first-order valence-electron chi connectivity index (χ1n) is 4.78. The Labute approximate surface area is 95.9 Å². The number of carbonyl (C=O) groups excluding carboxylic acids is 2. The molecule has 3 N–H and O–H groups in total. The monoisotopic (exact) mass is 231 g/mol. The fourth-order valence-electron chi connectivity index (χ4n) is 1.68. The third-order valence-electron chi connectivity index (χ3n) is 2.38. The topological polar surface area (TPSA) is 76.0 Å². The van der Waals surface area contributed by atoms with Crippen LogP contribution < -0.4 is 5.73 Å². The van der Waals surface area contributed by atoms with Gasteiger partial charge in [0.2, 0.25) is 6.29 Å². The highest BCUT2D eigenvalue weighted by Gasteiger charge is 2.12. The van der Waals surface area contributed by atoms with E-state index in [1.54, 1.807) is 6.29 Å². The van der Waals surface area contributed by atoms with Gasteiger partial charge in [0.1, 0.15) is 5.82 Å². The van der Waals surface area contributed by atoms with Crippen molar-refractivity contribution >= 4 is 29.2 Å². The van der Waals surface area contributed by atoms with E-state index in [-0.39, 0.29) is 5.56 Å². The number of carbonyl (C=O) groups is 1. The van der Waals surface area contributed by atoms with Gasteiger partial charge in [0.25, 0.3) is 5.91 Å². The van der Waals surface area contributed by atoms with Crippen molar-refractivity contribution in [3.05, 3.63) is 41.3 Å². The molecule has 5 heteroatoms. The number of nitrogens with two attached hydrogens (primary N) is 1. The number of amides is 1. The van der Waals surface area contributed by atoms with E-state index >= 15 is 0 Å². The zero-order chi connectivity index (χ0) is 12.4. The molecule has 0 atom stereocenters. The van der Waals surface area contributed by atoms with Crippen molar-refractivity contribution in [1.29, 1.82) is 0 Å². The lowest BCUT2D eigenvalue weighted by Gasteiger charge is -1.99. The Morgan fingerprint density at radius 1 is 1.47 bits per heavy atom. The highest BCUT2D eigenvalue weighted by molar-refractivity contribution is 6.07. The molecule has 2 aromatic rings. The number of halogens is 1. The van der Waals surface area contributed by atoms with Crippen LogP contribution in [0, 0.1) is 5.82 Å². The van der Waals surface area contributed by atoms with Crippen molar-refractivity contribution in [2.24, 2.45) is 5.73 Å². The maximum atomic E-state index is 13.3. The number of nitrogens with one attached hydrogen (secondary N) is 1. The normalized spacial score (nSPS) is 11.1. The van der Waals surface area contributed by atoms with E-state index < -0.39 is 11.7 Å². The van der Waals surface area contributed by atoms with Gasteiger partial charge in [-0.05, 0) is 24.3 Å². The molecule has 0 unspecified atom stereocenters. The van der Waals surface area contributed by atoms with Gasteiger partial charge in [0.15, 0.2) is 0 Å². The largest absolute Gasteiger partial charge is 0.366 e. The van der Waals surface area contributed by atoms with Crippen LogP contribution in [0.4, 0.5) is 4.39 Å². The molecule has 17 heavy (non-hydrogen) atoms. The van der Waals surface area contributed by atoms with E-state index in [0.717, 1.165) is 6.08 Å². The number of hydrogen-bond acceptors (Lipinski definition) is 2. The summed E-state index contributed by atoms with van der Waals surface area (Å²) >= 11 is 0. The van der Waals surface area contributed by atoms with E-state index in [4.69, 9.17) is 5.73 Å². The highest BCUT2D eigenvalue weighted by Crippen LogP contribution is 2.24. The Morgan fingerprint density at radius 3 is 2.88 bits per heavy atom. The van der Waals surface area contributed by atoms with Crippen LogP contribution in [-0.4, -0.2) is 17.2 Å². The van der Waals surface area contributed by atoms with Crippen molar-refractivity contribution in [2.45, 2.75) is 0 Å². The number of aromatic amines is 1. The molecule has 85 valence electrons. The van der Waals surface area contributed by atoms with Gasteiger partial charge in [-0.15, -0.1) is 0 Å².